The molecule has 0 heterocycles. The molecule has 0 saturated heterocycles. The minimum absolute atomic E-state index is 0.0568. The lowest BCUT2D eigenvalue weighted by molar-refractivity contribution is -0.112. The zero-order chi connectivity index (χ0) is 12.0. The van der Waals surface area contributed by atoms with Gasteiger partial charge in [0.15, 0.2) is 0 Å². The van der Waals surface area contributed by atoms with E-state index >= 15 is 0 Å². The fourth-order valence-corrected chi connectivity index (χ4v) is 0.947. The molecule has 6 heteroatoms. The molecule has 0 aromatic heterocycles. The Bertz CT molecular complexity index is 205. The van der Waals surface area contributed by atoms with Gasteiger partial charge in [-0.15, -0.1) is 0 Å². The Morgan fingerprint density at radius 1 is 1.00 bits per heavy atom. The van der Waals surface area contributed by atoms with Crippen LogP contribution in [0, 0.1) is 0 Å². The maximum Gasteiger partial charge on any atom is 0.111 e. The van der Waals surface area contributed by atoms with Crippen LogP contribution in [-0.2, 0) is 0 Å². The molecule has 90 valence electrons. The summed E-state index contributed by atoms with van der Waals surface area (Å²) in [7, 11) is 0. The molecule has 15 heavy (non-hydrogen) atoms. The van der Waals surface area contributed by atoms with Crippen molar-refractivity contribution in [3.63, 3.8) is 0 Å². The fraction of sp³-hybridized carbons (Fsp3) is 0.889. The number of nitrogens with zero attached hydrogens (tertiary/aromatic N) is 1. The van der Waals surface area contributed by atoms with Crippen LogP contribution in [0.5, 0.6) is 0 Å². The molecule has 0 aromatic carbocycles. The van der Waals surface area contributed by atoms with Crippen LogP contribution in [0.1, 0.15) is 13.8 Å². The third-order valence-corrected chi connectivity index (χ3v) is 1.92. The van der Waals surface area contributed by atoms with Gasteiger partial charge in [0.25, 0.3) is 0 Å². The van der Waals surface area contributed by atoms with Crippen molar-refractivity contribution in [1.29, 1.82) is 0 Å². The van der Waals surface area contributed by atoms with Crippen molar-refractivity contribution in [2.24, 2.45) is 4.99 Å². The molecule has 0 aromatic rings. The molecule has 0 aliphatic rings. The SMILES string of the molecule is CC(C)=NC[C@@H](O)[C@@H](O)[C@H](O)[C@@H](O)CO. The molecule has 0 amide bonds. The van der Waals surface area contributed by atoms with E-state index in [0.29, 0.717) is 0 Å². The van der Waals surface area contributed by atoms with Gasteiger partial charge in [-0.25, -0.2) is 0 Å². The highest BCUT2D eigenvalue weighted by Gasteiger charge is 2.29. The fourth-order valence-electron chi connectivity index (χ4n) is 0.947. The second kappa shape index (κ2) is 6.86. The Morgan fingerprint density at radius 3 is 1.87 bits per heavy atom. The van der Waals surface area contributed by atoms with Gasteiger partial charge in [-0.2, -0.15) is 0 Å². The highest BCUT2D eigenvalue weighted by atomic mass is 16.4. The molecular formula is C9H19NO5. The van der Waals surface area contributed by atoms with Gasteiger partial charge < -0.3 is 25.5 Å². The van der Waals surface area contributed by atoms with Crippen molar-refractivity contribution in [1.82, 2.24) is 0 Å². The molecule has 6 nitrogen and oxygen atoms in total. The molecule has 0 unspecified atom stereocenters. The maximum atomic E-state index is 9.37. The average molecular weight is 221 g/mol. The molecule has 5 N–H and O–H groups in total. The lowest BCUT2D eigenvalue weighted by Gasteiger charge is -2.24. The first-order chi connectivity index (χ1) is 6.90. The van der Waals surface area contributed by atoms with Crippen LogP contribution in [0.15, 0.2) is 4.99 Å². The lowest BCUT2D eigenvalue weighted by atomic mass is 10.0. The largest absolute Gasteiger partial charge is 0.394 e. The van der Waals surface area contributed by atoms with Crippen LogP contribution in [0.25, 0.3) is 0 Å². The van der Waals surface area contributed by atoms with Crippen molar-refractivity contribution in [3.8, 4) is 0 Å². The first-order valence-corrected chi connectivity index (χ1v) is 4.71. The number of aliphatic imine (C=N–C) groups is 1. The molecule has 0 radical (unpaired) electrons. The summed E-state index contributed by atoms with van der Waals surface area (Å²) in [5.41, 5.74) is 0.735. The van der Waals surface area contributed by atoms with Crippen LogP contribution < -0.4 is 0 Å². The molecule has 0 fully saturated rings. The normalized spacial score (nSPS) is 19.1. The first-order valence-electron chi connectivity index (χ1n) is 4.71. The monoisotopic (exact) mass is 221 g/mol. The number of hydrogen-bond donors (Lipinski definition) is 5. The third-order valence-electron chi connectivity index (χ3n) is 1.92. The zero-order valence-electron chi connectivity index (χ0n) is 8.91. The van der Waals surface area contributed by atoms with E-state index in [1.807, 2.05) is 0 Å². The van der Waals surface area contributed by atoms with Gasteiger partial charge in [0.1, 0.15) is 24.4 Å². The van der Waals surface area contributed by atoms with Gasteiger partial charge in [0.2, 0.25) is 0 Å². The van der Waals surface area contributed by atoms with E-state index in [9.17, 15) is 15.3 Å². The second-order valence-corrected chi connectivity index (χ2v) is 3.59. The predicted octanol–water partition coefficient (Wildman–Crippen LogP) is -2.10. The quantitative estimate of drug-likeness (QED) is 0.330. The molecule has 0 rings (SSSR count). The van der Waals surface area contributed by atoms with E-state index in [4.69, 9.17) is 10.2 Å². The van der Waals surface area contributed by atoms with E-state index in [1.54, 1.807) is 13.8 Å². The van der Waals surface area contributed by atoms with Gasteiger partial charge in [0.05, 0.1) is 13.2 Å². The Balaban J connectivity index is 4.18. The minimum atomic E-state index is -1.59. The average Bonchev–Trinajstić information content (AvgIpc) is 2.22. The summed E-state index contributed by atoms with van der Waals surface area (Å²) >= 11 is 0. The Morgan fingerprint density at radius 2 is 1.47 bits per heavy atom. The summed E-state index contributed by atoms with van der Waals surface area (Å²) in [6.07, 6.45) is -5.86. The van der Waals surface area contributed by atoms with Gasteiger partial charge in [-0.1, -0.05) is 0 Å². The maximum absolute atomic E-state index is 9.37. The van der Waals surface area contributed by atoms with E-state index < -0.39 is 31.0 Å². The van der Waals surface area contributed by atoms with Crippen LogP contribution in [0.3, 0.4) is 0 Å². The molecule has 0 aliphatic heterocycles. The van der Waals surface area contributed by atoms with Crippen LogP contribution in [-0.4, -0.2) is 68.8 Å². The molecule has 0 spiro atoms. The molecule has 0 bridgehead atoms. The standard InChI is InChI=1S/C9H19NO5/c1-5(2)10-3-6(12)8(14)9(15)7(13)4-11/h6-9,11-15H,3-4H2,1-2H3/t6-,7+,8-,9-/m1/s1. The van der Waals surface area contributed by atoms with Crippen molar-refractivity contribution in [2.45, 2.75) is 38.3 Å². The van der Waals surface area contributed by atoms with Crippen molar-refractivity contribution < 1.29 is 25.5 Å². The summed E-state index contributed by atoms with van der Waals surface area (Å²) in [5, 5.41) is 45.5. The third kappa shape index (κ3) is 5.19. The Labute approximate surface area is 88.5 Å². The molecule has 0 saturated carbocycles. The zero-order valence-corrected chi connectivity index (χ0v) is 8.91. The van der Waals surface area contributed by atoms with Crippen LogP contribution >= 0.6 is 0 Å². The summed E-state index contributed by atoms with van der Waals surface area (Å²) in [4.78, 5) is 3.86. The number of rotatable bonds is 6. The van der Waals surface area contributed by atoms with Gasteiger partial charge in [0, 0.05) is 5.71 Å². The van der Waals surface area contributed by atoms with Crippen molar-refractivity contribution in [2.75, 3.05) is 13.2 Å². The number of hydrogen-bond acceptors (Lipinski definition) is 6. The summed E-state index contributed by atoms with van der Waals surface area (Å²) in [5.74, 6) is 0. The molecular weight excluding hydrogens is 202 g/mol. The molecule has 4 atom stereocenters. The highest BCUT2D eigenvalue weighted by Crippen LogP contribution is 2.05. The highest BCUT2D eigenvalue weighted by molar-refractivity contribution is 5.79. The smallest absolute Gasteiger partial charge is 0.111 e. The molecule has 0 aliphatic carbocycles. The van der Waals surface area contributed by atoms with Crippen LogP contribution in [0.4, 0.5) is 0 Å². The predicted molar refractivity (Wildman–Crippen MR) is 54.8 cm³/mol. The van der Waals surface area contributed by atoms with E-state index in [-0.39, 0.29) is 6.54 Å². The van der Waals surface area contributed by atoms with Gasteiger partial charge in [-0.05, 0) is 13.8 Å². The Kier molecular flexibility index (Phi) is 6.62. The Hall–Kier alpha value is -0.530. The summed E-state index contributed by atoms with van der Waals surface area (Å²) in [6, 6.07) is 0. The lowest BCUT2D eigenvalue weighted by Crippen LogP contribution is -2.46. The second-order valence-electron chi connectivity index (χ2n) is 3.59. The minimum Gasteiger partial charge on any atom is -0.394 e. The van der Waals surface area contributed by atoms with Crippen molar-refractivity contribution >= 4 is 5.71 Å². The van der Waals surface area contributed by atoms with Crippen LogP contribution in [0.2, 0.25) is 0 Å². The van der Waals surface area contributed by atoms with E-state index in [0.717, 1.165) is 5.71 Å². The summed E-state index contributed by atoms with van der Waals surface area (Å²) in [6.45, 7) is 2.73. The van der Waals surface area contributed by atoms with Crippen molar-refractivity contribution in [3.05, 3.63) is 0 Å². The van der Waals surface area contributed by atoms with Gasteiger partial charge in [-0.3, -0.25) is 4.99 Å². The summed E-state index contributed by atoms with van der Waals surface area (Å²) < 4.78 is 0. The number of aliphatic hydroxyl groups is 5. The van der Waals surface area contributed by atoms with E-state index in [2.05, 4.69) is 4.99 Å². The first kappa shape index (κ1) is 14.5. The number of aliphatic hydroxyl groups excluding tert-OH is 5. The van der Waals surface area contributed by atoms with E-state index in [1.165, 1.54) is 0 Å². The topological polar surface area (TPSA) is 114 Å². The van der Waals surface area contributed by atoms with Gasteiger partial charge >= 0.3 is 0 Å².